The first-order valence-electron chi connectivity index (χ1n) is 26.4. The second-order valence-corrected chi connectivity index (χ2v) is 20.8. The van der Waals surface area contributed by atoms with Crippen molar-refractivity contribution in [3.63, 3.8) is 0 Å². The highest BCUT2D eigenvalue weighted by molar-refractivity contribution is 6.15. The maximum Gasteiger partial charge on any atom is 0.234 e. The number of benzene rings is 8. The maximum absolute atomic E-state index is 5.00. The van der Waals surface area contributed by atoms with Crippen molar-refractivity contribution < 1.29 is 0 Å². The fourth-order valence-electron chi connectivity index (χ4n) is 11.5. The van der Waals surface area contributed by atoms with Crippen molar-refractivity contribution in [2.24, 2.45) is 0 Å². The number of fused-ring (bicyclic) bond motifs is 12. The molecule has 0 saturated heterocycles. The minimum absolute atomic E-state index is 0.613. The first-order valence-corrected chi connectivity index (χ1v) is 26.4. The average Bonchev–Trinajstić information content (AvgIpc) is 4.23. The lowest BCUT2D eigenvalue weighted by Gasteiger charge is -2.24. The molecule has 0 aliphatic carbocycles. The van der Waals surface area contributed by atoms with Crippen LogP contribution in [0.4, 0.5) is 0 Å². The first kappa shape index (κ1) is 48.6. The Morgan fingerprint density at radius 2 is 0.714 bits per heavy atom. The summed E-state index contributed by atoms with van der Waals surface area (Å²) < 4.78 is 9.75. The zero-order valence-electron chi connectivity index (χ0n) is 45.4. The molecular formula is C70H61N7. The van der Waals surface area contributed by atoms with Gasteiger partial charge in [-0.1, -0.05) is 87.5 Å². The molecule has 0 aliphatic rings. The SMILES string of the molecule is C=C.CC=C(C)C.Cc1ccc2c(c1)c1cc(C)ccc1n2-c1cc(-c2ccc3c(c2)c2ncccc2n3-c2ncccn2)cc(-n2c3ccc(C)cc3c3cc(C)ccc32)c1-n1c2ccc(C)cc2c2cc(C)ccc21. The van der Waals surface area contributed by atoms with E-state index in [1.807, 2.05) is 25.3 Å². The van der Waals surface area contributed by atoms with Gasteiger partial charge in [-0.3, -0.25) is 9.55 Å². The van der Waals surface area contributed by atoms with Gasteiger partial charge in [-0.05, 0) is 189 Å². The summed E-state index contributed by atoms with van der Waals surface area (Å²) in [5.74, 6) is 0.613. The fourth-order valence-corrected chi connectivity index (χ4v) is 11.5. The zero-order valence-corrected chi connectivity index (χ0v) is 45.4. The summed E-state index contributed by atoms with van der Waals surface area (Å²) in [6, 6.07) is 59.2. The molecule has 0 fully saturated rings. The van der Waals surface area contributed by atoms with Gasteiger partial charge >= 0.3 is 0 Å². The minimum atomic E-state index is 0.613. The number of aromatic nitrogens is 7. The van der Waals surface area contributed by atoms with Crippen LogP contribution in [0.15, 0.2) is 201 Å². The third-order valence-corrected chi connectivity index (χ3v) is 15.2. The van der Waals surface area contributed by atoms with Gasteiger partial charge in [-0.2, -0.15) is 0 Å². The van der Waals surface area contributed by atoms with Crippen molar-refractivity contribution in [2.75, 3.05) is 0 Å². The van der Waals surface area contributed by atoms with Gasteiger partial charge in [0.25, 0.3) is 0 Å². The van der Waals surface area contributed by atoms with Crippen LogP contribution in [-0.4, -0.2) is 33.2 Å². The summed E-state index contributed by atoms with van der Waals surface area (Å²) in [5, 5.41) is 8.43. The monoisotopic (exact) mass is 999 g/mol. The van der Waals surface area contributed by atoms with Gasteiger partial charge in [0.05, 0.1) is 66.7 Å². The summed E-state index contributed by atoms with van der Waals surface area (Å²) in [4.78, 5) is 14.4. The first-order chi connectivity index (χ1) is 37.4. The van der Waals surface area contributed by atoms with Gasteiger partial charge in [-0.25, -0.2) is 9.97 Å². The Hall–Kier alpha value is -9.33. The van der Waals surface area contributed by atoms with E-state index in [0.717, 1.165) is 83.2 Å². The molecule has 0 spiro atoms. The highest BCUT2D eigenvalue weighted by Crippen LogP contribution is 2.46. The van der Waals surface area contributed by atoms with Crippen LogP contribution in [0, 0.1) is 41.5 Å². The molecule has 0 N–H and O–H groups in total. The van der Waals surface area contributed by atoms with Crippen LogP contribution in [-0.2, 0) is 0 Å². The lowest BCUT2D eigenvalue weighted by atomic mass is 10.00. The topological polar surface area (TPSA) is 58.4 Å². The van der Waals surface area contributed by atoms with Crippen LogP contribution < -0.4 is 0 Å². The lowest BCUT2D eigenvalue weighted by molar-refractivity contribution is 0.987. The van der Waals surface area contributed by atoms with E-state index >= 15 is 0 Å². The van der Waals surface area contributed by atoms with E-state index < -0.39 is 0 Å². The highest BCUT2D eigenvalue weighted by Gasteiger charge is 2.27. The highest BCUT2D eigenvalue weighted by atomic mass is 15.2. The predicted octanol–water partition coefficient (Wildman–Crippen LogP) is 18.6. The van der Waals surface area contributed by atoms with Gasteiger partial charge in [0.15, 0.2) is 0 Å². The van der Waals surface area contributed by atoms with E-state index in [-0.39, 0.29) is 0 Å². The molecule has 0 unspecified atom stereocenters. The van der Waals surface area contributed by atoms with Gasteiger partial charge in [0.2, 0.25) is 5.95 Å². The molecule has 14 aromatic rings. The summed E-state index contributed by atoms with van der Waals surface area (Å²) in [5.41, 5.74) is 24.0. The van der Waals surface area contributed by atoms with Gasteiger partial charge in [0.1, 0.15) is 0 Å². The van der Waals surface area contributed by atoms with Crippen molar-refractivity contribution in [3.05, 3.63) is 235 Å². The van der Waals surface area contributed by atoms with Crippen molar-refractivity contribution in [1.29, 1.82) is 0 Å². The molecule has 6 heterocycles. The molecule has 8 aromatic carbocycles. The number of allylic oxidation sites excluding steroid dienone is 2. The molecule has 77 heavy (non-hydrogen) atoms. The Morgan fingerprint density at radius 1 is 0.364 bits per heavy atom. The molecule has 0 radical (unpaired) electrons. The smallest absolute Gasteiger partial charge is 0.234 e. The Morgan fingerprint density at radius 3 is 1.10 bits per heavy atom. The molecule has 7 nitrogen and oxygen atoms in total. The van der Waals surface area contributed by atoms with Crippen LogP contribution in [0.3, 0.4) is 0 Å². The second kappa shape index (κ2) is 19.1. The minimum Gasteiger partial charge on any atom is -0.307 e. The van der Waals surface area contributed by atoms with E-state index in [2.05, 4.69) is 238 Å². The average molecular weight is 1000 g/mol. The predicted molar refractivity (Wildman–Crippen MR) is 327 cm³/mol. The molecular weight excluding hydrogens is 939 g/mol. The van der Waals surface area contributed by atoms with Crippen LogP contribution in [0.25, 0.3) is 121 Å². The van der Waals surface area contributed by atoms with Crippen LogP contribution >= 0.6 is 0 Å². The van der Waals surface area contributed by atoms with Crippen LogP contribution in [0.1, 0.15) is 54.2 Å². The third kappa shape index (κ3) is 8.00. The Bertz CT molecular complexity index is 4380. The number of hydrogen-bond acceptors (Lipinski definition) is 3. The second-order valence-electron chi connectivity index (χ2n) is 20.8. The van der Waals surface area contributed by atoms with Gasteiger partial charge < -0.3 is 13.7 Å². The van der Waals surface area contributed by atoms with Crippen molar-refractivity contribution in [2.45, 2.75) is 62.3 Å². The summed E-state index contributed by atoms with van der Waals surface area (Å²) in [7, 11) is 0. The van der Waals surface area contributed by atoms with Crippen molar-refractivity contribution >= 4 is 87.4 Å². The molecule has 0 aliphatic heterocycles. The summed E-state index contributed by atoms with van der Waals surface area (Å²) in [6.45, 7) is 25.4. The van der Waals surface area contributed by atoms with Crippen molar-refractivity contribution in [1.82, 2.24) is 33.2 Å². The molecule has 376 valence electrons. The zero-order chi connectivity index (χ0) is 53.4. The Balaban J connectivity index is 0.000000807. The molecule has 14 rings (SSSR count). The van der Waals surface area contributed by atoms with E-state index in [1.165, 1.54) is 71.3 Å². The van der Waals surface area contributed by atoms with E-state index in [0.29, 0.717) is 5.95 Å². The number of rotatable bonds is 5. The van der Waals surface area contributed by atoms with Gasteiger partial charge in [0, 0.05) is 56.3 Å². The summed E-state index contributed by atoms with van der Waals surface area (Å²) >= 11 is 0. The standard InChI is InChI=1S/C63H47N7.C5H10.C2H4/c1-36-10-17-51-44(27-36)45-28-37(2)11-18-52(45)67(51)59-34-43(42-16-23-57-50(33-42)61-58(9-7-24-64-61)70(57)63-65-25-8-26-66-63)35-60(68-53-19-12-38(3)29-46(53)47-30-39(4)13-20-54(47)68)62(59)69-55-21-14-40(5)31-48(55)49-32-41(6)15-22-56(49)69;1-4-5(2)3;1-2/h7-35H,1-6H3;4H,1-3H3;1-2H2. The van der Waals surface area contributed by atoms with E-state index in [4.69, 9.17) is 15.0 Å². The van der Waals surface area contributed by atoms with Gasteiger partial charge in [-0.15, -0.1) is 13.2 Å². The molecule has 6 aromatic heterocycles. The fraction of sp³-hybridized carbons (Fsp3) is 0.129. The van der Waals surface area contributed by atoms with Crippen LogP contribution in [0.2, 0.25) is 0 Å². The molecule has 7 heteroatoms. The Kier molecular flexibility index (Phi) is 12.1. The molecule has 0 atom stereocenters. The van der Waals surface area contributed by atoms with Crippen molar-refractivity contribution in [3.8, 4) is 34.1 Å². The molecule has 0 saturated carbocycles. The largest absolute Gasteiger partial charge is 0.307 e. The molecule has 0 bridgehead atoms. The maximum atomic E-state index is 5.00. The number of hydrogen-bond donors (Lipinski definition) is 0. The third-order valence-electron chi connectivity index (χ3n) is 15.2. The quantitative estimate of drug-likeness (QED) is 0.161. The Labute approximate surface area is 449 Å². The number of nitrogens with zero attached hydrogens (tertiary/aromatic N) is 7. The lowest BCUT2D eigenvalue weighted by Crippen LogP contribution is -2.10. The normalized spacial score (nSPS) is 11.5. The molecule has 0 amide bonds. The number of aryl methyl sites for hydroxylation is 6. The van der Waals surface area contributed by atoms with Crippen LogP contribution in [0.5, 0.6) is 0 Å². The summed E-state index contributed by atoms with van der Waals surface area (Å²) in [6.07, 6.45) is 7.55. The van der Waals surface area contributed by atoms with E-state index in [9.17, 15) is 0 Å². The number of pyridine rings is 1. The van der Waals surface area contributed by atoms with E-state index in [1.54, 1.807) is 12.4 Å².